The number of carbonyl (C=O) groups excluding carboxylic acids is 1. The molecule has 0 aliphatic heterocycles. The fourth-order valence-electron chi connectivity index (χ4n) is 1.59. The highest BCUT2D eigenvalue weighted by atomic mass is 16.5. The number of anilines is 1. The van der Waals surface area contributed by atoms with Crippen molar-refractivity contribution < 1.29 is 9.53 Å². The van der Waals surface area contributed by atoms with Crippen LogP contribution in [0.5, 0.6) is 5.75 Å². The van der Waals surface area contributed by atoms with Crippen LogP contribution in [0, 0.1) is 11.8 Å². The molecule has 0 saturated carbocycles. The second kappa shape index (κ2) is 6.25. The highest BCUT2D eigenvalue weighted by molar-refractivity contribution is 5.92. The van der Waals surface area contributed by atoms with Crippen molar-refractivity contribution >= 4 is 11.6 Å². The van der Waals surface area contributed by atoms with Crippen molar-refractivity contribution in [1.29, 1.82) is 0 Å². The van der Waals surface area contributed by atoms with Gasteiger partial charge in [-0.05, 0) is 30.2 Å². The van der Waals surface area contributed by atoms with E-state index in [0.717, 1.165) is 11.4 Å². The number of hydrogen-bond acceptors (Lipinski definition) is 3. The average molecular weight is 236 g/mol. The average Bonchev–Trinajstić information content (AvgIpc) is 2.30. The third-order valence-corrected chi connectivity index (χ3v) is 2.75. The Morgan fingerprint density at radius 1 is 1.35 bits per heavy atom. The van der Waals surface area contributed by atoms with Crippen molar-refractivity contribution in [3.8, 4) is 5.75 Å². The molecule has 0 aliphatic carbocycles. The quantitative estimate of drug-likeness (QED) is 0.820. The summed E-state index contributed by atoms with van der Waals surface area (Å²) in [4.78, 5) is 11.9. The summed E-state index contributed by atoms with van der Waals surface area (Å²) in [6.45, 7) is 4.34. The molecule has 0 aliphatic rings. The molecular weight excluding hydrogens is 216 g/mol. The summed E-state index contributed by atoms with van der Waals surface area (Å²) >= 11 is 0. The molecule has 94 valence electrons. The van der Waals surface area contributed by atoms with Crippen molar-refractivity contribution in [2.75, 3.05) is 19.0 Å². The topological polar surface area (TPSA) is 64.3 Å². The van der Waals surface area contributed by atoms with Crippen molar-refractivity contribution in [3.05, 3.63) is 24.3 Å². The fourth-order valence-corrected chi connectivity index (χ4v) is 1.59. The zero-order valence-electron chi connectivity index (χ0n) is 10.6. The van der Waals surface area contributed by atoms with Gasteiger partial charge in [0.25, 0.3) is 0 Å². The number of hydrogen-bond donors (Lipinski definition) is 2. The number of rotatable bonds is 5. The predicted octanol–water partition coefficient (Wildman–Crippen LogP) is 1.86. The monoisotopic (exact) mass is 236 g/mol. The van der Waals surface area contributed by atoms with Crippen LogP contribution < -0.4 is 15.8 Å². The molecule has 0 spiro atoms. The molecule has 17 heavy (non-hydrogen) atoms. The third kappa shape index (κ3) is 3.75. The van der Waals surface area contributed by atoms with E-state index in [1.165, 1.54) is 0 Å². The van der Waals surface area contributed by atoms with Crippen LogP contribution in [0.3, 0.4) is 0 Å². The Hall–Kier alpha value is -1.55. The van der Waals surface area contributed by atoms with Gasteiger partial charge >= 0.3 is 0 Å². The van der Waals surface area contributed by atoms with Gasteiger partial charge in [0.15, 0.2) is 0 Å². The molecule has 0 bridgehead atoms. The van der Waals surface area contributed by atoms with Gasteiger partial charge in [0.05, 0.1) is 13.0 Å². The van der Waals surface area contributed by atoms with Gasteiger partial charge in [-0.15, -0.1) is 0 Å². The van der Waals surface area contributed by atoms with Crippen molar-refractivity contribution in [1.82, 2.24) is 0 Å². The Kier molecular flexibility index (Phi) is 4.97. The second-order valence-corrected chi connectivity index (χ2v) is 4.30. The Balaban J connectivity index is 2.66. The van der Waals surface area contributed by atoms with E-state index >= 15 is 0 Å². The van der Waals surface area contributed by atoms with Crippen LogP contribution in [0.4, 0.5) is 5.69 Å². The van der Waals surface area contributed by atoms with Gasteiger partial charge in [-0.25, -0.2) is 0 Å². The Bertz CT molecular complexity index is 360. The van der Waals surface area contributed by atoms with Crippen LogP contribution in [-0.4, -0.2) is 19.6 Å². The zero-order valence-corrected chi connectivity index (χ0v) is 10.6. The van der Waals surface area contributed by atoms with Gasteiger partial charge in [0, 0.05) is 12.2 Å². The number of nitrogens with one attached hydrogen (secondary N) is 1. The number of amides is 1. The highest BCUT2D eigenvalue weighted by Gasteiger charge is 2.20. The maximum absolute atomic E-state index is 11.9. The van der Waals surface area contributed by atoms with E-state index in [1.807, 2.05) is 38.1 Å². The van der Waals surface area contributed by atoms with E-state index in [4.69, 9.17) is 10.5 Å². The first kappa shape index (κ1) is 13.5. The number of nitrogens with two attached hydrogens (primary N) is 1. The highest BCUT2D eigenvalue weighted by Crippen LogP contribution is 2.17. The van der Waals surface area contributed by atoms with Crippen LogP contribution in [0.2, 0.25) is 0 Å². The van der Waals surface area contributed by atoms with E-state index in [0.29, 0.717) is 6.54 Å². The maximum atomic E-state index is 11.9. The molecule has 1 atom stereocenters. The summed E-state index contributed by atoms with van der Waals surface area (Å²) in [6, 6.07) is 7.24. The summed E-state index contributed by atoms with van der Waals surface area (Å²) < 4.78 is 5.05. The Morgan fingerprint density at radius 2 is 1.94 bits per heavy atom. The molecule has 4 heteroatoms. The second-order valence-electron chi connectivity index (χ2n) is 4.30. The fraction of sp³-hybridized carbons (Fsp3) is 0.462. The van der Waals surface area contributed by atoms with E-state index in [-0.39, 0.29) is 17.7 Å². The summed E-state index contributed by atoms with van der Waals surface area (Å²) in [5.41, 5.74) is 6.35. The molecule has 1 aromatic carbocycles. The summed E-state index contributed by atoms with van der Waals surface area (Å²) in [7, 11) is 1.61. The third-order valence-electron chi connectivity index (χ3n) is 2.75. The standard InChI is InChI=1S/C13H20N2O2/c1-9(2)12(8-14)13(16)15-10-4-6-11(17-3)7-5-10/h4-7,9,12H,8,14H2,1-3H3,(H,15,16). The number of ether oxygens (including phenoxy) is 1. The molecule has 3 N–H and O–H groups in total. The SMILES string of the molecule is COc1ccc(NC(=O)C(CN)C(C)C)cc1. The van der Waals surface area contributed by atoms with Gasteiger partial charge in [-0.3, -0.25) is 4.79 Å². The molecular formula is C13H20N2O2. The lowest BCUT2D eigenvalue weighted by Crippen LogP contribution is -2.33. The number of benzene rings is 1. The Morgan fingerprint density at radius 3 is 2.35 bits per heavy atom. The van der Waals surface area contributed by atoms with Crippen LogP contribution in [0.15, 0.2) is 24.3 Å². The molecule has 1 unspecified atom stereocenters. The first-order valence-corrected chi connectivity index (χ1v) is 5.73. The number of methoxy groups -OCH3 is 1. The van der Waals surface area contributed by atoms with E-state index < -0.39 is 0 Å². The lowest BCUT2D eigenvalue weighted by atomic mass is 9.95. The van der Waals surface area contributed by atoms with Crippen molar-refractivity contribution in [3.63, 3.8) is 0 Å². The van der Waals surface area contributed by atoms with Gasteiger partial charge in [-0.2, -0.15) is 0 Å². The van der Waals surface area contributed by atoms with Gasteiger partial charge < -0.3 is 15.8 Å². The van der Waals surface area contributed by atoms with E-state index in [1.54, 1.807) is 7.11 Å². The smallest absolute Gasteiger partial charge is 0.229 e. The number of carbonyl (C=O) groups is 1. The minimum absolute atomic E-state index is 0.0346. The first-order chi connectivity index (χ1) is 8.08. The van der Waals surface area contributed by atoms with Gasteiger partial charge in [0.2, 0.25) is 5.91 Å². The maximum Gasteiger partial charge on any atom is 0.229 e. The van der Waals surface area contributed by atoms with Crippen LogP contribution in [0.25, 0.3) is 0 Å². The summed E-state index contributed by atoms with van der Waals surface area (Å²) in [5, 5.41) is 2.85. The molecule has 0 heterocycles. The first-order valence-electron chi connectivity index (χ1n) is 5.73. The molecule has 1 amide bonds. The van der Waals surface area contributed by atoms with E-state index in [9.17, 15) is 4.79 Å². The van der Waals surface area contributed by atoms with Crippen LogP contribution in [-0.2, 0) is 4.79 Å². The molecule has 1 rings (SSSR count). The minimum atomic E-state index is -0.155. The summed E-state index contributed by atoms with van der Waals surface area (Å²) in [6.07, 6.45) is 0. The predicted molar refractivity (Wildman–Crippen MR) is 69.0 cm³/mol. The molecule has 1 aromatic rings. The zero-order chi connectivity index (χ0) is 12.8. The van der Waals surface area contributed by atoms with Crippen LogP contribution in [0.1, 0.15) is 13.8 Å². The molecule has 0 fully saturated rings. The Labute approximate surface area is 102 Å². The lowest BCUT2D eigenvalue weighted by molar-refractivity contribution is -0.120. The van der Waals surface area contributed by atoms with Crippen molar-refractivity contribution in [2.45, 2.75) is 13.8 Å². The molecule has 4 nitrogen and oxygen atoms in total. The van der Waals surface area contributed by atoms with Crippen molar-refractivity contribution in [2.24, 2.45) is 17.6 Å². The molecule has 0 saturated heterocycles. The van der Waals surface area contributed by atoms with Gasteiger partial charge in [0.1, 0.15) is 5.75 Å². The minimum Gasteiger partial charge on any atom is -0.497 e. The lowest BCUT2D eigenvalue weighted by Gasteiger charge is -2.18. The summed E-state index contributed by atoms with van der Waals surface area (Å²) in [5.74, 6) is 0.810. The molecule has 0 aromatic heterocycles. The van der Waals surface area contributed by atoms with Crippen LogP contribution >= 0.6 is 0 Å². The largest absolute Gasteiger partial charge is 0.497 e. The normalized spacial score (nSPS) is 12.3. The van der Waals surface area contributed by atoms with E-state index in [2.05, 4.69) is 5.32 Å². The molecule has 0 radical (unpaired) electrons. The van der Waals surface area contributed by atoms with Gasteiger partial charge in [-0.1, -0.05) is 13.8 Å².